The number of nitrogens with one attached hydrogen (secondary N) is 2. The van der Waals surface area contributed by atoms with Crippen LogP contribution in [0.1, 0.15) is 16.8 Å². The smallest absolute Gasteiger partial charge is 0.339 e. The van der Waals surface area contributed by atoms with Gasteiger partial charge in [-0.1, -0.05) is 35.9 Å². The van der Waals surface area contributed by atoms with Gasteiger partial charge in [-0.2, -0.15) is 0 Å². The summed E-state index contributed by atoms with van der Waals surface area (Å²) in [5, 5.41) is 6.30. The van der Waals surface area contributed by atoms with Crippen molar-refractivity contribution in [3.8, 4) is 0 Å². The quantitative estimate of drug-likeness (QED) is 0.794. The lowest BCUT2D eigenvalue weighted by molar-refractivity contribution is -0.115. The van der Waals surface area contributed by atoms with E-state index in [2.05, 4.69) is 10.6 Å². The van der Waals surface area contributed by atoms with Crippen molar-refractivity contribution in [2.24, 2.45) is 0 Å². The van der Waals surface area contributed by atoms with Crippen molar-refractivity contribution < 1.29 is 14.3 Å². The highest BCUT2D eigenvalue weighted by Gasteiger charge is 2.11. The predicted octanol–water partition coefficient (Wildman–Crippen LogP) is 3.57. The molecule has 2 aromatic carbocycles. The number of hydrogen-bond donors (Lipinski definition) is 2. The number of para-hydroxylation sites is 2. The minimum Gasteiger partial charge on any atom is -0.465 e. The first-order chi connectivity index (χ1) is 11.1. The van der Waals surface area contributed by atoms with Gasteiger partial charge in [0.2, 0.25) is 5.91 Å². The van der Waals surface area contributed by atoms with Gasteiger partial charge in [0.25, 0.3) is 0 Å². The summed E-state index contributed by atoms with van der Waals surface area (Å²) in [5.74, 6) is -0.588. The van der Waals surface area contributed by atoms with Crippen LogP contribution in [0.15, 0.2) is 48.5 Å². The molecule has 0 saturated heterocycles. The third kappa shape index (κ3) is 4.72. The fourth-order valence-corrected chi connectivity index (χ4v) is 2.19. The fourth-order valence-electron chi connectivity index (χ4n) is 2.01. The molecule has 2 rings (SSSR count). The zero-order valence-corrected chi connectivity index (χ0v) is 13.4. The van der Waals surface area contributed by atoms with E-state index in [1.807, 2.05) is 0 Å². The number of carbonyl (C=O) groups is 2. The first-order valence-electron chi connectivity index (χ1n) is 7.07. The van der Waals surface area contributed by atoms with Gasteiger partial charge in [-0.25, -0.2) is 4.79 Å². The lowest BCUT2D eigenvalue weighted by Crippen LogP contribution is -2.17. The van der Waals surface area contributed by atoms with Crippen LogP contribution in [0.25, 0.3) is 0 Å². The molecule has 0 radical (unpaired) electrons. The number of amides is 1. The number of anilines is 2. The molecule has 0 fully saturated rings. The second-order valence-electron chi connectivity index (χ2n) is 4.74. The lowest BCUT2D eigenvalue weighted by Gasteiger charge is -2.11. The maximum atomic E-state index is 11.9. The molecule has 120 valence electrons. The number of benzene rings is 2. The first-order valence-corrected chi connectivity index (χ1v) is 7.45. The van der Waals surface area contributed by atoms with Gasteiger partial charge in [0.05, 0.1) is 23.4 Å². The van der Waals surface area contributed by atoms with E-state index in [4.69, 9.17) is 16.3 Å². The molecule has 0 bridgehead atoms. The van der Waals surface area contributed by atoms with Gasteiger partial charge in [0, 0.05) is 18.7 Å². The molecule has 0 aliphatic heterocycles. The van der Waals surface area contributed by atoms with E-state index < -0.39 is 5.97 Å². The Hall–Kier alpha value is -2.53. The molecule has 0 heterocycles. The van der Waals surface area contributed by atoms with Gasteiger partial charge >= 0.3 is 5.97 Å². The Balaban J connectivity index is 1.89. The second kappa shape index (κ2) is 8.19. The van der Waals surface area contributed by atoms with E-state index in [0.717, 1.165) is 0 Å². The maximum Gasteiger partial charge on any atom is 0.339 e. The summed E-state index contributed by atoms with van der Waals surface area (Å²) in [4.78, 5) is 23.6. The van der Waals surface area contributed by atoms with Crippen molar-refractivity contribution in [1.29, 1.82) is 0 Å². The second-order valence-corrected chi connectivity index (χ2v) is 5.15. The average molecular weight is 333 g/mol. The van der Waals surface area contributed by atoms with Gasteiger partial charge in [0.1, 0.15) is 0 Å². The Labute approximate surface area is 139 Å². The van der Waals surface area contributed by atoms with Crippen LogP contribution >= 0.6 is 11.6 Å². The van der Waals surface area contributed by atoms with Gasteiger partial charge in [-0.05, 0) is 24.3 Å². The van der Waals surface area contributed by atoms with Crippen molar-refractivity contribution >= 4 is 34.9 Å². The van der Waals surface area contributed by atoms with E-state index in [9.17, 15) is 9.59 Å². The number of methoxy groups -OCH3 is 1. The molecular weight excluding hydrogens is 316 g/mol. The summed E-state index contributed by atoms with van der Waals surface area (Å²) >= 11 is 5.99. The maximum absolute atomic E-state index is 11.9. The molecular formula is C17H17ClN2O3. The Morgan fingerprint density at radius 2 is 1.70 bits per heavy atom. The standard InChI is InChI=1S/C17H17ClN2O3/c1-23-17(22)12-6-2-4-8-14(12)19-11-10-16(21)20-15-9-5-3-7-13(15)18/h2-9,19H,10-11H2,1H3,(H,20,21). The topological polar surface area (TPSA) is 67.4 Å². The van der Waals surface area contributed by atoms with E-state index in [0.29, 0.717) is 28.5 Å². The van der Waals surface area contributed by atoms with E-state index in [-0.39, 0.29) is 12.3 Å². The number of ether oxygens (including phenoxy) is 1. The van der Waals surface area contributed by atoms with Crippen molar-refractivity contribution in [1.82, 2.24) is 0 Å². The summed E-state index contributed by atoms with van der Waals surface area (Å²) in [6.07, 6.45) is 0.237. The van der Waals surface area contributed by atoms with Crippen LogP contribution in [0.4, 0.5) is 11.4 Å². The number of esters is 1. The molecule has 0 unspecified atom stereocenters. The summed E-state index contributed by atoms with van der Waals surface area (Å²) < 4.78 is 4.72. The molecule has 0 atom stereocenters. The average Bonchev–Trinajstić information content (AvgIpc) is 2.57. The van der Waals surface area contributed by atoms with E-state index >= 15 is 0 Å². The van der Waals surface area contributed by atoms with Crippen molar-refractivity contribution in [3.05, 3.63) is 59.1 Å². The molecule has 2 N–H and O–H groups in total. The highest BCUT2D eigenvalue weighted by atomic mass is 35.5. The zero-order chi connectivity index (χ0) is 16.7. The monoisotopic (exact) mass is 332 g/mol. The summed E-state index contributed by atoms with van der Waals surface area (Å²) in [7, 11) is 1.33. The zero-order valence-electron chi connectivity index (χ0n) is 12.6. The van der Waals surface area contributed by atoms with Crippen molar-refractivity contribution in [3.63, 3.8) is 0 Å². The highest BCUT2D eigenvalue weighted by Crippen LogP contribution is 2.20. The minimum absolute atomic E-state index is 0.166. The van der Waals surface area contributed by atoms with Crippen LogP contribution in [0.2, 0.25) is 5.02 Å². The van der Waals surface area contributed by atoms with Crippen LogP contribution in [-0.2, 0) is 9.53 Å². The Morgan fingerprint density at radius 1 is 1.04 bits per heavy atom. The van der Waals surface area contributed by atoms with Crippen LogP contribution < -0.4 is 10.6 Å². The van der Waals surface area contributed by atoms with Crippen LogP contribution in [-0.4, -0.2) is 25.5 Å². The third-order valence-corrected chi connectivity index (χ3v) is 3.48. The molecule has 1 amide bonds. The van der Waals surface area contributed by atoms with Crippen LogP contribution in [0.5, 0.6) is 0 Å². The highest BCUT2D eigenvalue weighted by molar-refractivity contribution is 6.33. The van der Waals surface area contributed by atoms with Crippen molar-refractivity contribution in [2.45, 2.75) is 6.42 Å². The molecule has 5 nitrogen and oxygen atoms in total. The minimum atomic E-state index is -0.423. The normalized spacial score (nSPS) is 10.0. The largest absolute Gasteiger partial charge is 0.465 e. The van der Waals surface area contributed by atoms with Crippen LogP contribution in [0, 0.1) is 0 Å². The molecule has 0 aromatic heterocycles. The van der Waals surface area contributed by atoms with Crippen molar-refractivity contribution in [2.75, 3.05) is 24.3 Å². The third-order valence-electron chi connectivity index (χ3n) is 3.15. The number of hydrogen-bond acceptors (Lipinski definition) is 4. The van der Waals surface area contributed by atoms with Crippen LogP contribution in [0.3, 0.4) is 0 Å². The first kappa shape index (κ1) is 16.8. The number of rotatable bonds is 6. The number of halogens is 1. The Bertz CT molecular complexity index is 704. The van der Waals surface area contributed by atoms with E-state index in [1.165, 1.54) is 7.11 Å². The molecule has 23 heavy (non-hydrogen) atoms. The Morgan fingerprint density at radius 3 is 2.39 bits per heavy atom. The van der Waals surface area contributed by atoms with Gasteiger partial charge < -0.3 is 15.4 Å². The fraction of sp³-hybridized carbons (Fsp3) is 0.176. The molecule has 6 heteroatoms. The Kier molecular flexibility index (Phi) is 6.00. The molecule has 0 saturated carbocycles. The molecule has 0 aliphatic carbocycles. The molecule has 2 aromatic rings. The van der Waals surface area contributed by atoms with E-state index in [1.54, 1.807) is 48.5 Å². The SMILES string of the molecule is COC(=O)c1ccccc1NCCC(=O)Nc1ccccc1Cl. The van der Waals surface area contributed by atoms with Gasteiger partial charge in [-0.15, -0.1) is 0 Å². The number of carbonyl (C=O) groups excluding carboxylic acids is 2. The summed E-state index contributed by atoms with van der Waals surface area (Å²) in [6, 6.07) is 14.0. The summed E-state index contributed by atoms with van der Waals surface area (Å²) in [5.41, 5.74) is 1.64. The molecule has 0 aliphatic rings. The summed E-state index contributed by atoms with van der Waals surface area (Å²) in [6.45, 7) is 0.379. The predicted molar refractivity (Wildman–Crippen MR) is 91.0 cm³/mol. The lowest BCUT2D eigenvalue weighted by atomic mass is 10.2. The van der Waals surface area contributed by atoms with Gasteiger partial charge in [0.15, 0.2) is 0 Å². The van der Waals surface area contributed by atoms with Gasteiger partial charge in [-0.3, -0.25) is 4.79 Å². The molecule has 0 spiro atoms.